The smallest absolute Gasteiger partial charge is 0.339 e. The summed E-state index contributed by atoms with van der Waals surface area (Å²) in [5.41, 5.74) is 0.641. The Morgan fingerprint density at radius 1 is 1.53 bits per heavy atom. The number of hydrogen-bond donors (Lipinski definition) is 1. The first-order valence-electron chi connectivity index (χ1n) is 3.86. The zero-order valence-corrected chi connectivity index (χ0v) is 9.21. The average Bonchev–Trinajstić information content (AvgIpc) is 2.26. The molecular formula is C9H7Cl2NO3. The number of carbonyl (C=O) groups excluding carboxylic acids is 1. The first-order chi connectivity index (χ1) is 7.10. The molecule has 0 heterocycles. The minimum Gasteiger partial charge on any atom is -0.465 e. The van der Waals surface area contributed by atoms with Crippen LogP contribution in [0.3, 0.4) is 0 Å². The van der Waals surface area contributed by atoms with Gasteiger partial charge in [0, 0.05) is 5.56 Å². The Bertz CT molecular complexity index is 418. The molecule has 0 saturated heterocycles. The summed E-state index contributed by atoms with van der Waals surface area (Å²) >= 11 is 11.4. The number of oxime groups is 1. The number of methoxy groups -OCH3 is 1. The Morgan fingerprint density at radius 3 is 2.67 bits per heavy atom. The van der Waals surface area contributed by atoms with E-state index in [9.17, 15) is 4.79 Å². The first-order valence-corrected chi connectivity index (χ1v) is 4.61. The number of nitrogens with zero attached hydrogens (tertiary/aromatic N) is 1. The Balaban J connectivity index is 3.14. The summed E-state index contributed by atoms with van der Waals surface area (Å²) in [6.07, 6.45) is 0. The summed E-state index contributed by atoms with van der Waals surface area (Å²) in [4.78, 5) is 11.2. The highest BCUT2D eigenvalue weighted by Crippen LogP contribution is 2.20. The molecule has 0 fully saturated rings. The number of benzene rings is 1. The number of esters is 1. The third-order valence-electron chi connectivity index (χ3n) is 1.70. The van der Waals surface area contributed by atoms with Crippen LogP contribution in [0.15, 0.2) is 23.4 Å². The molecule has 4 nitrogen and oxygen atoms in total. The van der Waals surface area contributed by atoms with Gasteiger partial charge in [0.15, 0.2) is 5.17 Å². The van der Waals surface area contributed by atoms with Crippen LogP contribution in [0.1, 0.15) is 15.9 Å². The van der Waals surface area contributed by atoms with E-state index in [2.05, 4.69) is 9.89 Å². The van der Waals surface area contributed by atoms with Crippen molar-refractivity contribution in [2.75, 3.05) is 7.11 Å². The third kappa shape index (κ3) is 2.61. The molecule has 0 aliphatic heterocycles. The van der Waals surface area contributed by atoms with Crippen LogP contribution in [0.2, 0.25) is 5.02 Å². The molecular weight excluding hydrogens is 241 g/mol. The van der Waals surface area contributed by atoms with Crippen molar-refractivity contribution in [3.05, 3.63) is 34.3 Å². The second-order valence-corrected chi connectivity index (χ2v) is 3.34. The summed E-state index contributed by atoms with van der Waals surface area (Å²) in [7, 11) is 1.26. The van der Waals surface area contributed by atoms with Crippen LogP contribution in [0.25, 0.3) is 0 Å². The molecule has 0 aliphatic rings. The Hall–Kier alpha value is -1.26. The predicted molar refractivity (Wildman–Crippen MR) is 57.0 cm³/mol. The molecule has 80 valence electrons. The van der Waals surface area contributed by atoms with E-state index in [1.807, 2.05) is 0 Å². The van der Waals surface area contributed by atoms with Crippen LogP contribution < -0.4 is 0 Å². The van der Waals surface area contributed by atoms with Crippen molar-refractivity contribution in [1.82, 2.24) is 0 Å². The molecule has 0 aliphatic carbocycles. The van der Waals surface area contributed by atoms with Gasteiger partial charge in [-0.25, -0.2) is 4.79 Å². The molecule has 1 aromatic carbocycles. The van der Waals surface area contributed by atoms with Gasteiger partial charge in [-0.2, -0.15) is 0 Å². The molecule has 0 saturated carbocycles. The molecule has 1 N–H and O–H groups in total. The summed E-state index contributed by atoms with van der Waals surface area (Å²) in [5.74, 6) is -0.538. The second kappa shape index (κ2) is 5.00. The van der Waals surface area contributed by atoms with Crippen molar-refractivity contribution in [1.29, 1.82) is 0 Å². The lowest BCUT2D eigenvalue weighted by molar-refractivity contribution is 0.0601. The normalized spacial score (nSPS) is 11.3. The maximum absolute atomic E-state index is 11.2. The van der Waals surface area contributed by atoms with Crippen molar-refractivity contribution in [3.8, 4) is 0 Å². The van der Waals surface area contributed by atoms with Gasteiger partial charge < -0.3 is 9.94 Å². The fourth-order valence-electron chi connectivity index (χ4n) is 0.977. The van der Waals surface area contributed by atoms with Crippen molar-refractivity contribution >= 4 is 34.3 Å². The molecule has 0 spiro atoms. The molecule has 0 bridgehead atoms. The Labute approximate surface area is 96.1 Å². The SMILES string of the molecule is COC(=O)c1ccc(C(Cl)=NO)cc1Cl. The van der Waals surface area contributed by atoms with Crippen molar-refractivity contribution in [2.24, 2.45) is 5.16 Å². The lowest BCUT2D eigenvalue weighted by atomic mass is 10.1. The Kier molecular flexibility index (Phi) is 3.94. The van der Waals surface area contributed by atoms with E-state index in [-0.39, 0.29) is 15.8 Å². The molecule has 15 heavy (non-hydrogen) atoms. The van der Waals surface area contributed by atoms with Crippen LogP contribution >= 0.6 is 23.2 Å². The molecule has 0 aromatic heterocycles. The first kappa shape index (κ1) is 11.8. The maximum Gasteiger partial charge on any atom is 0.339 e. The molecule has 1 rings (SSSR count). The van der Waals surface area contributed by atoms with Crippen LogP contribution in [0, 0.1) is 0 Å². The number of ether oxygens (including phenoxy) is 1. The summed E-state index contributed by atoms with van der Waals surface area (Å²) in [6, 6.07) is 4.35. The van der Waals surface area contributed by atoms with Gasteiger partial charge in [-0.05, 0) is 12.1 Å². The minimum atomic E-state index is -0.538. The fourth-order valence-corrected chi connectivity index (χ4v) is 1.35. The van der Waals surface area contributed by atoms with Crippen molar-refractivity contribution in [2.45, 2.75) is 0 Å². The van der Waals surface area contributed by atoms with Crippen molar-refractivity contribution < 1.29 is 14.7 Å². The lowest BCUT2D eigenvalue weighted by Crippen LogP contribution is -2.03. The van der Waals surface area contributed by atoms with E-state index in [1.165, 1.54) is 25.3 Å². The largest absolute Gasteiger partial charge is 0.465 e. The molecule has 0 amide bonds. The number of rotatable bonds is 2. The highest BCUT2D eigenvalue weighted by atomic mass is 35.5. The summed E-state index contributed by atoms with van der Waals surface area (Å²) in [5, 5.41) is 11.3. The zero-order valence-electron chi connectivity index (χ0n) is 7.70. The van der Waals surface area contributed by atoms with Crippen LogP contribution in [-0.4, -0.2) is 23.5 Å². The Morgan fingerprint density at radius 2 is 2.20 bits per heavy atom. The highest BCUT2D eigenvalue weighted by Gasteiger charge is 2.12. The van der Waals surface area contributed by atoms with E-state index in [0.717, 1.165) is 0 Å². The van der Waals surface area contributed by atoms with Gasteiger partial charge in [-0.3, -0.25) is 0 Å². The van der Waals surface area contributed by atoms with Gasteiger partial charge in [0.05, 0.1) is 17.7 Å². The topological polar surface area (TPSA) is 58.9 Å². The molecule has 1 aromatic rings. The van der Waals surface area contributed by atoms with Gasteiger partial charge >= 0.3 is 5.97 Å². The monoisotopic (exact) mass is 247 g/mol. The number of halogens is 2. The molecule has 0 atom stereocenters. The lowest BCUT2D eigenvalue weighted by Gasteiger charge is -2.03. The van der Waals surface area contributed by atoms with E-state index in [4.69, 9.17) is 28.4 Å². The standard InChI is InChI=1S/C9H7Cl2NO3/c1-15-9(13)6-3-2-5(4-7(6)10)8(11)12-14/h2-4,14H,1H3. The minimum absolute atomic E-state index is 0.103. The quantitative estimate of drug-likeness (QED) is 0.378. The summed E-state index contributed by atoms with van der Waals surface area (Å²) in [6.45, 7) is 0. The van der Waals surface area contributed by atoms with E-state index in [0.29, 0.717) is 5.56 Å². The fraction of sp³-hybridized carbons (Fsp3) is 0.111. The molecule has 0 radical (unpaired) electrons. The zero-order chi connectivity index (χ0) is 11.4. The van der Waals surface area contributed by atoms with Crippen LogP contribution in [0.4, 0.5) is 0 Å². The van der Waals surface area contributed by atoms with E-state index < -0.39 is 5.97 Å². The second-order valence-electron chi connectivity index (χ2n) is 2.58. The van der Waals surface area contributed by atoms with Gasteiger partial charge in [0.25, 0.3) is 0 Å². The van der Waals surface area contributed by atoms with Crippen LogP contribution in [-0.2, 0) is 4.74 Å². The maximum atomic E-state index is 11.2. The summed E-state index contributed by atoms with van der Waals surface area (Å²) < 4.78 is 4.51. The average molecular weight is 248 g/mol. The van der Waals surface area contributed by atoms with Gasteiger partial charge in [-0.15, -0.1) is 0 Å². The van der Waals surface area contributed by atoms with Gasteiger partial charge in [0.1, 0.15) is 0 Å². The van der Waals surface area contributed by atoms with Gasteiger partial charge in [-0.1, -0.05) is 34.4 Å². The number of carbonyl (C=O) groups is 1. The predicted octanol–water partition coefficient (Wildman–Crippen LogP) is 2.50. The van der Waals surface area contributed by atoms with Gasteiger partial charge in [0.2, 0.25) is 0 Å². The third-order valence-corrected chi connectivity index (χ3v) is 2.31. The van der Waals surface area contributed by atoms with E-state index >= 15 is 0 Å². The van der Waals surface area contributed by atoms with E-state index in [1.54, 1.807) is 0 Å². The molecule has 6 heteroatoms. The van der Waals surface area contributed by atoms with Crippen molar-refractivity contribution in [3.63, 3.8) is 0 Å². The highest BCUT2D eigenvalue weighted by molar-refractivity contribution is 6.69. The molecule has 0 unspecified atom stereocenters. The van der Waals surface area contributed by atoms with Crippen LogP contribution in [0.5, 0.6) is 0 Å². The number of hydrogen-bond acceptors (Lipinski definition) is 4.